The number of methoxy groups -OCH3 is 1. The van der Waals surface area contributed by atoms with Gasteiger partial charge in [-0.3, -0.25) is 9.59 Å². The first-order valence-corrected chi connectivity index (χ1v) is 8.11. The van der Waals surface area contributed by atoms with Gasteiger partial charge in [-0.25, -0.2) is 0 Å². The van der Waals surface area contributed by atoms with Gasteiger partial charge in [0.05, 0.1) is 24.4 Å². The third kappa shape index (κ3) is 3.57. The highest BCUT2D eigenvalue weighted by Gasteiger charge is 2.36. The monoisotopic (exact) mass is 317 g/mol. The Labute approximate surface area is 136 Å². The summed E-state index contributed by atoms with van der Waals surface area (Å²) in [5.41, 5.74) is 6.97. The number of rotatable bonds is 4. The molecule has 1 heterocycles. The predicted octanol–water partition coefficient (Wildman–Crippen LogP) is 1.86. The molecule has 0 spiro atoms. The van der Waals surface area contributed by atoms with Crippen molar-refractivity contribution in [1.29, 1.82) is 0 Å². The van der Waals surface area contributed by atoms with E-state index in [0.717, 1.165) is 32.2 Å². The first-order valence-electron chi connectivity index (χ1n) is 8.11. The zero-order valence-electron chi connectivity index (χ0n) is 13.4. The van der Waals surface area contributed by atoms with E-state index < -0.39 is 0 Å². The van der Waals surface area contributed by atoms with Crippen LogP contribution in [0.4, 0.5) is 11.4 Å². The molecule has 2 amide bonds. The van der Waals surface area contributed by atoms with Crippen LogP contribution in [-0.4, -0.2) is 36.9 Å². The summed E-state index contributed by atoms with van der Waals surface area (Å²) in [4.78, 5) is 26.6. The van der Waals surface area contributed by atoms with Gasteiger partial charge in [0.2, 0.25) is 11.8 Å². The van der Waals surface area contributed by atoms with Gasteiger partial charge in [0.25, 0.3) is 0 Å². The summed E-state index contributed by atoms with van der Waals surface area (Å²) in [5.74, 6) is 0.785. The minimum atomic E-state index is -0.183. The number of carbonyl (C=O) groups is 2. The molecule has 0 radical (unpaired) electrons. The number of amides is 2. The van der Waals surface area contributed by atoms with Gasteiger partial charge in [0, 0.05) is 25.1 Å². The number of nitrogen functional groups attached to an aromatic ring is 1. The molecule has 1 saturated carbocycles. The van der Waals surface area contributed by atoms with E-state index in [1.54, 1.807) is 25.3 Å². The number of carbonyl (C=O) groups excluding carboxylic acids is 2. The maximum atomic E-state index is 12.5. The van der Waals surface area contributed by atoms with Crippen LogP contribution in [0.1, 0.15) is 25.7 Å². The van der Waals surface area contributed by atoms with Crippen LogP contribution in [0.15, 0.2) is 18.2 Å². The van der Waals surface area contributed by atoms with Crippen LogP contribution in [-0.2, 0) is 9.59 Å². The molecule has 6 nitrogen and oxygen atoms in total. The van der Waals surface area contributed by atoms with E-state index in [1.165, 1.54) is 0 Å². The lowest BCUT2D eigenvalue weighted by molar-refractivity contribution is -0.135. The van der Waals surface area contributed by atoms with Crippen molar-refractivity contribution in [2.24, 2.45) is 11.8 Å². The zero-order valence-corrected chi connectivity index (χ0v) is 13.4. The topological polar surface area (TPSA) is 84.7 Å². The van der Waals surface area contributed by atoms with Crippen LogP contribution >= 0.6 is 0 Å². The molecule has 23 heavy (non-hydrogen) atoms. The van der Waals surface area contributed by atoms with Crippen LogP contribution in [0.25, 0.3) is 0 Å². The van der Waals surface area contributed by atoms with E-state index in [2.05, 4.69) is 5.32 Å². The maximum Gasteiger partial charge on any atom is 0.229 e. The van der Waals surface area contributed by atoms with E-state index in [0.29, 0.717) is 23.7 Å². The Bertz CT molecular complexity index is 613. The fraction of sp³-hybridized carbons (Fsp3) is 0.529. The summed E-state index contributed by atoms with van der Waals surface area (Å²) < 4.78 is 5.16. The van der Waals surface area contributed by atoms with Gasteiger partial charge < -0.3 is 20.7 Å². The summed E-state index contributed by atoms with van der Waals surface area (Å²) in [5, 5.41) is 2.88. The molecule has 1 saturated heterocycles. The largest absolute Gasteiger partial charge is 0.497 e. The second kappa shape index (κ2) is 6.48. The maximum absolute atomic E-state index is 12.5. The Morgan fingerprint density at radius 1 is 1.26 bits per heavy atom. The van der Waals surface area contributed by atoms with Crippen molar-refractivity contribution in [3.05, 3.63) is 18.2 Å². The number of nitrogens with zero attached hydrogens (tertiary/aromatic N) is 1. The van der Waals surface area contributed by atoms with E-state index in [1.807, 2.05) is 4.90 Å². The molecule has 2 fully saturated rings. The Balaban J connectivity index is 1.64. The molecule has 2 aliphatic rings. The lowest BCUT2D eigenvalue weighted by Gasteiger charge is -2.32. The van der Waals surface area contributed by atoms with Crippen LogP contribution < -0.4 is 15.8 Å². The fourth-order valence-electron chi connectivity index (χ4n) is 2.99. The number of piperidine rings is 1. The van der Waals surface area contributed by atoms with Crippen LogP contribution in [0.2, 0.25) is 0 Å². The molecule has 1 aromatic carbocycles. The van der Waals surface area contributed by atoms with E-state index in [-0.39, 0.29) is 23.7 Å². The summed E-state index contributed by atoms with van der Waals surface area (Å²) in [6, 6.07) is 5.17. The Kier molecular flexibility index (Phi) is 4.41. The number of anilines is 2. The molecule has 1 aliphatic heterocycles. The van der Waals surface area contributed by atoms with Crippen molar-refractivity contribution in [2.75, 3.05) is 31.2 Å². The van der Waals surface area contributed by atoms with Gasteiger partial charge in [0.15, 0.2) is 0 Å². The molecule has 3 N–H and O–H groups in total. The third-order valence-corrected chi connectivity index (χ3v) is 4.55. The highest BCUT2D eigenvalue weighted by atomic mass is 16.5. The minimum absolute atomic E-state index is 0.0850. The van der Waals surface area contributed by atoms with E-state index >= 15 is 0 Å². The second-order valence-corrected chi connectivity index (χ2v) is 6.34. The Morgan fingerprint density at radius 3 is 2.74 bits per heavy atom. The van der Waals surface area contributed by atoms with Crippen LogP contribution in [0, 0.1) is 11.8 Å². The van der Waals surface area contributed by atoms with Crippen molar-refractivity contribution in [3.63, 3.8) is 0 Å². The first kappa shape index (κ1) is 15.6. The van der Waals surface area contributed by atoms with E-state index in [9.17, 15) is 9.59 Å². The summed E-state index contributed by atoms with van der Waals surface area (Å²) >= 11 is 0. The number of nitrogens with one attached hydrogen (secondary N) is 1. The zero-order chi connectivity index (χ0) is 16.4. The van der Waals surface area contributed by atoms with Crippen molar-refractivity contribution < 1.29 is 14.3 Å². The Morgan fingerprint density at radius 2 is 2.04 bits per heavy atom. The number of benzene rings is 1. The summed E-state index contributed by atoms with van der Waals surface area (Å²) in [7, 11) is 1.57. The molecule has 1 aliphatic carbocycles. The fourth-order valence-corrected chi connectivity index (χ4v) is 2.99. The number of nitrogens with two attached hydrogens (primary N) is 1. The lowest BCUT2D eigenvalue weighted by Crippen LogP contribution is -2.44. The molecule has 3 rings (SSSR count). The predicted molar refractivity (Wildman–Crippen MR) is 88.1 cm³/mol. The quantitative estimate of drug-likeness (QED) is 0.830. The molecule has 1 atom stereocenters. The van der Waals surface area contributed by atoms with Gasteiger partial charge in [0.1, 0.15) is 5.75 Å². The van der Waals surface area contributed by atoms with Crippen LogP contribution in [0.3, 0.4) is 0 Å². The second-order valence-electron chi connectivity index (χ2n) is 6.34. The summed E-state index contributed by atoms with van der Waals surface area (Å²) in [6.07, 6.45) is 3.65. The van der Waals surface area contributed by atoms with Crippen molar-refractivity contribution in [2.45, 2.75) is 25.7 Å². The minimum Gasteiger partial charge on any atom is -0.497 e. The molecule has 124 valence electrons. The van der Waals surface area contributed by atoms with E-state index in [4.69, 9.17) is 10.5 Å². The van der Waals surface area contributed by atoms with Gasteiger partial charge in [-0.05, 0) is 37.8 Å². The number of ether oxygens (including phenoxy) is 1. The lowest BCUT2D eigenvalue weighted by atomic mass is 9.96. The van der Waals surface area contributed by atoms with Gasteiger partial charge >= 0.3 is 0 Å². The average Bonchev–Trinajstić information content (AvgIpc) is 3.41. The number of hydrogen-bond donors (Lipinski definition) is 2. The molecule has 1 aromatic rings. The average molecular weight is 317 g/mol. The van der Waals surface area contributed by atoms with Gasteiger partial charge in [-0.1, -0.05) is 0 Å². The number of hydrogen-bond acceptors (Lipinski definition) is 4. The molecule has 0 aromatic heterocycles. The van der Waals surface area contributed by atoms with Gasteiger partial charge in [-0.15, -0.1) is 0 Å². The Hall–Kier alpha value is -2.24. The highest BCUT2D eigenvalue weighted by molar-refractivity contribution is 5.96. The van der Waals surface area contributed by atoms with Crippen molar-refractivity contribution >= 4 is 23.2 Å². The molecular formula is C17H23N3O3. The van der Waals surface area contributed by atoms with Crippen LogP contribution in [0.5, 0.6) is 5.75 Å². The summed E-state index contributed by atoms with van der Waals surface area (Å²) in [6.45, 7) is 1.27. The number of likely N-dealkylation sites (tertiary alicyclic amines) is 1. The molecule has 6 heteroatoms. The van der Waals surface area contributed by atoms with Gasteiger partial charge in [-0.2, -0.15) is 0 Å². The SMILES string of the molecule is COc1ccc(N)c(NC(=O)C2CCCN(C(=O)C3CC3)C2)c1. The molecular weight excluding hydrogens is 294 g/mol. The normalized spacial score (nSPS) is 20.9. The third-order valence-electron chi connectivity index (χ3n) is 4.55. The molecule has 1 unspecified atom stereocenters. The first-order chi connectivity index (χ1) is 11.1. The van der Waals surface area contributed by atoms with Crippen molar-refractivity contribution in [3.8, 4) is 5.75 Å². The smallest absolute Gasteiger partial charge is 0.229 e. The molecule has 0 bridgehead atoms. The van der Waals surface area contributed by atoms with Crippen molar-refractivity contribution in [1.82, 2.24) is 4.90 Å². The highest BCUT2D eigenvalue weighted by Crippen LogP contribution is 2.33. The standard InChI is InChI=1S/C17H23N3O3/c1-23-13-6-7-14(18)15(9-13)19-16(21)12-3-2-8-20(10-12)17(22)11-4-5-11/h6-7,9,11-12H,2-5,8,10,18H2,1H3,(H,19,21).